The second-order valence-electron chi connectivity index (χ2n) is 5.24. The number of carbonyl (C=O) groups is 3. The largest absolute Gasteiger partial charge is 0.350 e. The van der Waals surface area contributed by atoms with Gasteiger partial charge in [-0.2, -0.15) is 0 Å². The van der Waals surface area contributed by atoms with E-state index in [2.05, 4.69) is 16.0 Å². The Morgan fingerprint density at radius 3 is 2.57 bits per heavy atom. The maximum absolute atomic E-state index is 12.1. The first-order chi connectivity index (χ1) is 11.0. The van der Waals surface area contributed by atoms with Crippen LogP contribution in [0.5, 0.6) is 0 Å². The van der Waals surface area contributed by atoms with E-state index in [4.69, 9.17) is 5.73 Å². The summed E-state index contributed by atoms with van der Waals surface area (Å²) in [4.78, 5) is 34.6. The van der Waals surface area contributed by atoms with E-state index in [9.17, 15) is 14.4 Å². The lowest BCUT2D eigenvalue weighted by Gasteiger charge is -2.12. The Hall–Kier alpha value is -2.41. The van der Waals surface area contributed by atoms with Crippen molar-refractivity contribution in [3.63, 3.8) is 0 Å². The number of benzene rings is 1. The van der Waals surface area contributed by atoms with Crippen molar-refractivity contribution < 1.29 is 14.4 Å². The smallest absolute Gasteiger partial charge is 0.251 e. The summed E-state index contributed by atoms with van der Waals surface area (Å²) in [6.45, 7) is 3.95. The summed E-state index contributed by atoms with van der Waals surface area (Å²) < 4.78 is 0. The fourth-order valence-corrected chi connectivity index (χ4v) is 1.75. The molecule has 0 spiro atoms. The van der Waals surface area contributed by atoms with Crippen LogP contribution in [0.4, 0.5) is 0 Å². The van der Waals surface area contributed by atoms with Gasteiger partial charge in [-0.05, 0) is 31.0 Å². The van der Waals surface area contributed by atoms with Gasteiger partial charge in [-0.3, -0.25) is 14.4 Å². The molecule has 0 aliphatic rings. The summed E-state index contributed by atoms with van der Waals surface area (Å²) in [5.74, 6) is -0.840. The first-order valence-electron chi connectivity index (χ1n) is 7.59. The molecule has 0 aromatic heterocycles. The molecule has 0 heterocycles. The van der Waals surface area contributed by atoms with Crippen LogP contribution >= 0.6 is 0 Å². The standard InChI is InChI=1S/C16H24N4O3/c1-3-11(2)20-16(23)13-6-4-5-12(7-13)9-18-15(22)10-19-14(21)8-17/h4-7,11H,3,8-10,17H2,1-2H3,(H,18,22)(H,19,21)(H,20,23). The van der Waals surface area contributed by atoms with Crippen LogP contribution in [-0.4, -0.2) is 36.9 Å². The van der Waals surface area contributed by atoms with Gasteiger partial charge in [-0.1, -0.05) is 19.1 Å². The normalized spacial score (nSPS) is 11.4. The van der Waals surface area contributed by atoms with Gasteiger partial charge in [0.1, 0.15) is 0 Å². The van der Waals surface area contributed by atoms with Crippen molar-refractivity contribution in [1.82, 2.24) is 16.0 Å². The average molecular weight is 320 g/mol. The van der Waals surface area contributed by atoms with Crippen LogP contribution in [0, 0.1) is 0 Å². The van der Waals surface area contributed by atoms with Crippen molar-refractivity contribution in [2.24, 2.45) is 5.73 Å². The molecule has 7 nitrogen and oxygen atoms in total. The maximum atomic E-state index is 12.1. The van der Waals surface area contributed by atoms with E-state index >= 15 is 0 Å². The van der Waals surface area contributed by atoms with Gasteiger partial charge >= 0.3 is 0 Å². The molecule has 7 heteroatoms. The molecule has 23 heavy (non-hydrogen) atoms. The molecule has 0 aliphatic carbocycles. The number of rotatable bonds is 8. The van der Waals surface area contributed by atoms with Crippen molar-refractivity contribution in [2.75, 3.05) is 13.1 Å². The molecule has 0 bridgehead atoms. The zero-order valence-electron chi connectivity index (χ0n) is 13.5. The highest BCUT2D eigenvalue weighted by Gasteiger charge is 2.09. The summed E-state index contributed by atoms with van der Waals surface area (Å²) in [5, 5.41) is 7.95. The monoisotopic (exact) mass is 320 g/mol. The molecule has 1 aromatic carbocycles. The highest BCUT2D eigenvalue weighted by molar-refractivity contribution is 5.94. The molecule has 0 radical (unpaired) electrons. The lowest BCUT2D eigenvalue weighted by atomic mass is 10.1. The topological polar surface area (TPSA) is 113 Å². The second kappa shape index (κ2) is 9.58. The summed E-state index contributed by atoms with van der Waals surface area (Å²) >= 11 is 0. The molecule has 1 rings (SSSR count). The van der Waals surface area contributed by atoms with Gasteiger partial charge in [0.25, 0.3) is 5.91 Å². The van der Waals surface area contributed by atoms with Gasteiger partial charge in [-0.15, -0.1) is 0 Å². The van der Waals surface area contributed by atoms with E-state index in [0.717, 1.165) is 12.0 Å². The fourth-order valence-electron chi connectivity index (χ4n) is 1.75. The van der Waals surface area contributed by atoms with E-state index in [-0.39, 0.29) is 43.4 Å². The summed E-state index contributed by atoms with van der Waals surface area (Å²) in [6, 6.07) is 7.15. The van der Waals surface area contributed by atoms with E-state index in [1.54, 1.807) is 18.2 Å². The third kappa shape index (κ3) is 6.92. The average Bonchev–Trinajstić information content (AvgIpc) is 2.57. The number of hydrogen-bond donors (Lipinski definition) is 4. The summed E-state index contributed by atoms with van der Waals surface area (Å²) in [7, 11) is 0. The van der Waals surface area contributed by atoms with Gasteiger partial charge in [0, 0.05) is 18.2 Å². The molecule has 1 aromatic rings. The molecule has 1 atom stereocenters. The second-order valence-corrected chi connectivity index (χ2v) is 5.24. The predicted octanol–water partition coefficient (Wildman–Crippen LogP) is -0.0940. The maximum Gasteiger partial charge on any atom is 0.251 e. The Bertz CT molecular complexity index is 560. The molecule has 3 amide bonds. The van der Waals surface area contributed by atoms with Crippen LogP contribution in [0.3, 0.4) is 0 Å². The molecule has 0 aliphatic heterocycles. The van der Waals surface area contributed by atoms with Gasteiger partial charge in [0.2, 0.25) is 11.8 Å². The number of nitrogens with one attached hydrogen (secondary N) is 3. The highest BCUT2D eigenvalue weighted by Crippen LogP contribution is 2.06. The van der Waals surface area contributed by atoms with Gasteiger partial charge in [0.05, 0.1) is 13.1 Å². The number of hydrogen-bond acceptors (Lipinski definition) is 4. The molecular weight excluding hydrogens is 296 g/mol. The van der Waals surface area contributed by atoms with Gasteiger partial charge in [-0.25, -0.2) is 0 Å². The Labute approximate surface area is 136 Å². The zero-order chi connectivity index (χ0) is 17.2. The Kier molecular flexibility index (Phi) is 7.76. The van der Waals surface area contributed by atoms with Crippen LogP contribution in [-0.2, 0) is 16.1 Å². The Morgan fingerprint density at radius 2 is 1.91 bits per heavy atom. The van der Waals surface area contributed by atoms with Crippen molar-refractivity contribution >= 4 is 17.7 Å². The van der Waals surface area contributed by atoms with E-state index < -0.39 is 0 Å². The van der Waals surface area contributed by atoms with E-state index in [0.29, 0.717) is 5.56 Å². The quantitative estimate of drug-likeness (QED) is 0.536. The van der Waals surface area contributed by atoms with Crippen molar-refractivity contribution in [3.8, 4) is 0 Å². The van der Waals surface area contributed by atoms with Crippen molar-refractivity contribution in [2.45, 2.75) is 32.9 Å². The number of carbonyl (C=O) groups excluding carboxylic acids is 3. The minimum atomic E-state index is -0.385. The van der Waals surface area contributed by atoms with Crippen LogP contribution < -0.4 is 21.7 Å². The minimum absolute atomic E-state index is 0.108. The third-order valence-corrected chi connectivity index (χ3v) is 3.30. The Morgan fingerprint density at radius 1 is 1.17 bits per heavy atom. The predicted molar refractivity (Wildman–Crippen MR) is 87.6 cm³/mol. The first-order valence-corrected chi connectivity index (χ1v) is 7.59. The highest BCUT2D eigenvalue weighted by atomic mass is 16.2. The summed E-state index contributed by atoms with van der Waals surface area (Å²) in [5.41, 5.74) is 6.49. The lowest BCUT2D eigenvalue weighted by molar-refractivity contribution is -0.125. The van der Waals surface area contributed by atoms with Crippen LogP contribution in [0.25, 0.3) is 0 Å². The van der Waals surface area contributed by atoms with Crippen LogP contribution in [0.1, 0.15) is 36.2 Å². The van der Waals surface area contributed by atoms with E-state index in [1.807, 2.05) is 19.9 Å². The SMILES string of the molecule is CCC(C)NC(=O)c1cccc(CNC(=O)CNC(=O)CN)c1. The van der Waals surface area contributed by atoms with Crippen molar-refractivity contribution in [1.29, 1.82) is 0 Å². The fraction of sp³-hybridized carbons (Fsp3) is 0.438. The molecule has 0 saturated heterocycles. The molecule has 5 N–H and O–H groups in total. The molecule has 126 valence electrons. The van der Waals surface area contributed by atoms with Gasteiger partial charge in [0.15, 0.2) is 0 Å². The number of nitrogens with two attached hydrogens (primary N) is 1. The molecule has 1 unspecified atom stereocenters. The molecule has 0 saturated carbocycles. The lowest BCUT2D eigenvalue weighted by Crippen LogP contribution is -2.39. The van der Waals surface area contributed by atoms with E-state index in [1.165, 1.54) is 0 Å². The first kappa shape index (κ1) is 18.6. The van der Waals surface area contributed by atoms with Crippen molar-refractivity contribution in [3.05, 3.63) is 35.4 Å². The van der Waals surface area contributed by atoms with Crippen LogP contribution in [0.15, 0.2) is 24.3 Å². The molecule has 0 fully saturated rings. The third-order valence-electron chi connectivity index (χ3n) is 3.30. The van der Waals surface area contributed by atoms with Gasteiger partial charge < -0.3 is 21.7 Å². The minimum Gasteiger partial charge on any atom is -0.350 e. The molecular formula is C16H24N4O3. The Balaban J connectivity index is 2.52. The van der Waals surface area contributed by atoms with Crippen LogP contribution in [0.2, 0.25) is 0 Å². The summed E-state index contributed by atoms with van der Waals surface area (Å²) in [6.07, 6.45) is 0.857. The number of amides is 3. The zero-order valence-corrected chi connectivity index (χ0v) is 13.5.